The summed E-state index contributed by atoms with van der Waals surface area (Å²) < 4.78 is 10.7. The minimum absolute atomic E-state index is 0.282. The summed E-state index contributed by atoms with van der Waals surface area (Å²) in [6.07, 6.45) is 0.747. The molecular weight excluding hydrogens is 408 g/mol. The lowest BCUT2D eigenvalue weighted by molar-refractivity contribution is -0.118. The van der Waals surface area contributed by atoms with E-state index in [9.17, 15) is 14.4 Å². The summed E-state index contributed by atoms with van der Waals surface area (Å²) in [4.78, 5) is 36.7. The molecule has 0 aromatic heterocycles. The lowest BCUT2D eigenvalue weighted by Crippen LogP contribution is -2.21. The Morgan fingerprint density at radius 2 is 1.44 bits per heavy atom. The Balaban J connectivity index is 1.56. The predicted molar refractivity (Wildman–Crippen MR) is 122 cm³/mol. The van der Waals surface area contributed by atoms with E-state index in [2.05, 4.69) is 10.6 Å². The van der Waals surface area contributed by atoms with Gasteiger partial charge in [-0.25, -0.2) is 4.79 Å². The Morgan fingerprint density at radius 1 is 0.781 bits per heavy atom. The third-order valence-electron chi connectivity index (χ3n) is 4.36. The molecule has 32 heavy (non-hydrogen) atoms. The van der Waals surface area contributed by atoms with Gasteiger partial charge in [0.25, 0.3) is 11.8 Å². The Morgan fingerprint density at radius 3 is 2.16 bits per heavy atom. The summed E-state index contributed by atoms with van der Waals surface area (Å²) in [6.45, 7) is 2.00. The average molecular weight is 432 g/mol. The van der Waals surface area contributed by atoms with Crippen molar-refractivity contribution in [1.82, 2.24) is 0 Å². The maximum Gasteiger partial charge on any atom is 0.338 e. The van der Waals surface area contributed by atoms with Gasteiger partial charge in [-0.3, -0.25) is 9.59 Å². The summed E-state index contributed by atoms with van der Waals surface area (Å²) in [5.41, 5.74) is 1.90. The smallest absolute Gasteiger partial charge is 0.338 e. The van der Waals surface area contributed by atoms with E-state index in [0.717, 1.165) is 6.42 Å². The summed E-state index contributed by atoms with van der Waals surface area (Å²) in [5.74, 6) is -0.842. The van der Waals surface area contributed by atoms with Crippen molar-refractivity contribution in [2.45, 2.75) is 13.3 Å². The van der Waals surface area contributed by atoms with E-state index < -0.39 is 11.9 Å². The Bertz CT molecular complexity index is 1070. The number of benzene rings is 3. The van der Waals surface area contributed by atoms with Gasteiger partial charge in [-0.2, -0.15) is 0 Å². The van der Waals surface area contributed by atoms with E-state index in [1.807, 2.05) is 25.1 Å². The van der Waals surface area contributed by atoms with E-state index in [1.165, 1.54) is 0 Å². The zero-order chi connectivity index (χ0) is 22.8. The van der Waals surface area contributed by atoms with E-state index in [1.54, 1.807) is 60.7 Å². The van der Waals surface area contributed by atoms with Gasteiger partial charge in [0, 0.05) is 11.4 Å². The fourth-order valence-electron chi connectivity index (χ4n) is 2.81. The second kappa shape index (κ2) is 11.3. The number of hydrogen-bond donors (Lipinski definition) is 2. The molecule has 7 heteroatoms. The Kier molecular flexibility index (Phi) is 7.97. The van der Waals surface area contributed by atoms with Crippen LogP contribution in [0.2, 0.25) is 0 Å². The highest BCUT2D eigenvalue weighted by Crippen LogP contribution is 2.20. The highest BCUT2D eigenvalue weighted by molar-refractivity contribution is 6.06. The first kappa shape index (κ1) is 22.6. The summed E-state index contributed by atoms with van der Waals surface area (Å²) in [5, 5.41) is 5.49. The van der Waals surface area contributed by atoms with Gasteiger partial charge >= 0.3 is 5.97 Å². The van der Waals surface area contributed by atoms with Crippen LogP contribution in [-0.4, -0.2) is 31.0 Å². The normalized spacial score (nSPS) is 10.2. The van der Waals surface area contributed by atoms with Crippen LogP contribution in [0.5, 0.6) is 5.75 Å². The number of ether oxygens (including phenoxy) is 2. The molecule has 0 fully saturated rings. The molecule has 0 saturated heterocycles. The third-order valence-corrected chi connectivity index (χ3v) is 4.36. The summed E-state index contributed by atoms with van der Waals surface area (Å²) in [7, 11) is 0. The van der Waals surface area contributed by atoms with E-state index in [-0.39, 0.29) is 12.5 Å². The molecule has 2 amide bonds. The monoisotopic (exact) mass is 432 g/mol. The molecule has 0 aliphatic heterocycles. The molecule has 2 N–H and O–H groups in total. The van der Waals surface area contributed by atoms with Gasteiger partial charge < -0.3 is 20.1 Å². The lowest BCUT2D eigenvalue weighted by atomic mass is 10.2. The molecule has 0 spiro atoms. The standard InChI is InChI=1S/C25H24N2O5/c1-2-16-31-25(30)18-12-14-20(15-13-18)26-23(28)17-32-22-11-7-6-10-21(22)24(29)27-19-8-4-3-5-9-19/h3-15H,2,16-17H2,1H3,(H,26,28)(H,27,29). The zero-order valence-electron chi connectivity index (χ0n) is 17.7. The average Bonchev–Trinajstić information content (AvgIpc) is 2.82. The van der Waals surface area contributed by atoms with Gasteiger partial charge in [0.2, 0.25) is 0 Å². The van der Waals surface area contributed by atoms with E-state index in [4.69, 9.17) is 9.47 Å². The third kappa shape index (κ3) is 6.43. The van der Waals surface area contributed by atoms with Crippen LogP contribution < -0.4 is 15.4 Å². The van der Waals surface area contributed by atoms with Gasteiger partial charge in [-0.1, -0.05) is 37.3 Å². The van der Waals surface area contributed by atoms with E-state index >= 15 is 0 Å². The first-order valence-electron chi connectivity index (χ1n) is 10.2. The van der Waals surface area contributed by atoms with Crippen molar-refractivity contribution in [3.63, 3.8) is 0 Å². The van der Waals surface area contributed by atoms with Crippen molar-refractivity contribution in [1.29, 1.82) is 0 Å². The van der Waals surface area contributed by atoms with Crippen molar-refractivity contribution in [3.05, 3.63) is 90.0 Å². The fraction of sp³-hybridized carbons (Fsp3) is 0.160. The maximum atomic E-state index is 12.6. The number of carbonyl (C=O) groups excluding carboxylic acids is 3. The number of nitrogens with one attached hydrogen (secondary N) is 2. The maximum absolute atomic E-state index is 12.6. The molecule has 0 heterocycles. The highest BCUT2D eigenvalue weighted by Gasteiger charge is 2.14. The number of esters is 1. The quantitative estimate of drug-likeness (QED) is 0.485. The van der Waals surface area contributed by atoms with Crippen molar-refractivity contribution in [3.8, 4) is 5.75 Å². The highest BCUT2D eigenvalue weighted by atomic mass is 16.5. The molecule has 0 atom stereocenters. The molecule has 7 nitrogen and oxygen atoms in total. The lowest BCUT2D eigenvalue weighted by Gasteiger charge is -2.12. The van der Waals surface area contributed by atoms with Crippen LogP contribution in [0.1, 0.15) is 34.1 Å². The number of hydrogen-bond acceptors (Lipinski definition) is 5. The largest absolute Gasteiger partial charge is 0.483 e. The molecule has 0 saturated carbocycles. The van der Waals surface area contributed by atoms with Crippen LogP contribution in [0.25, 0.3) is 0 Å². The van der Waals surface area contributed by atoms with Crippen LogP contribution in [0.3, 0.4) is 0 Å². The first-order valence-corrected chi connectivity index (χ1v) is 10.2. The molecule has 3 aromatic rings. The van der Waals surface area contributed by atoms with Gasteiger partial charge in [0.1, 0.15) is 5.75 Å². The molecule has 164 valence electrons. The molecule has 0 radical (unpaired) electrons. The molecule has 3 rings (SSSR count). The van der Waals surface area contributed by atoms with Gasteiger partial charge in [0.05, 0.1) is 17.7 Å². The van der Waals surface area contributed by atoms with E-state index in [0.29, 0.717) is 34.9 Å². The Labute approximate surface area is 186 Å². The van der Waals surface area contributed by atoms with Crippen LogP contribution in [-0.2, 0) is 9.53 Å². The number of para-hydroxylation sites is 2. The predicted octanol–water partition coefficient (Wildman–Crippen LogP) is 4.52. The number of carbonyl (C=O) groups is 3. The summed E-state index contributed by atoms with van der Waals surface area (Å²) >= 11 is 0. The second-order valence-corrected chi connectivity index (χ2v) is 6.87. The van der Waals surface area contributed by atoms with Crippen molar-refractivity contribution in [2.75, 3.05) is 23.8 Å². The molecule has 0 aliphatic carbocycles. The molecule has 3 aromatic carbocycles. The molecule has 0 unspecified atom stereocenters. The molecule has 0 aliphatic rings. The van der Waals surface area contributed by atoms with Crippen molar-refractivity contribution < 1.29 is 23.9 Å². The summed E-state index contributed by atoms with van der Waals surface area (Å²) in [6, 6.07) is 22.2. The zero-order valence-corrected chi connectivity index (χ0v) is 17.7. The fourth-order valence-corrected chi connectivity index (χ4v) is 2.81. The van der Waals surface area contributed by atoms with Crippen molar-refractivity contribution >= 4 is 29.2 Å². The Hall–Kier alpha value is -4.13. The minimum Gasteiger partial charge on any atom is -0.483 e. The molecule has 0 bridgehead atoms. The van der Waals surface area contributed by atoms with Crippen LogP contribution >= 0.6 is 0 Å². The first-order chi connectivity index (χ1) is 15.6. The van der Waals surface area contributed by atoms with Gasteiger partial charge in [0.15, 0.2) is 6.61 Å². The number of rotatable bonds is 9. The number of amides is 2. The SMILES string of the molecule is CCCOC(=O)c1ccc(NC(=O)COc2ccccc2C(=O)Nc2ccccc2)cc1. The van der Waals surface area contributed by atoms with Crippen LogP contribution in [0.4, 0.5) is 11.4 Å². The van der Waals surface area contributed by atoms with Gasteiger partial charge in [-0.15, -0.1) is 0 Å². The van der Waals surface area contributed by atoms with Crippen LogP contribution in [0.15, 0.2) is 78.9 Å². The number of anilines is 2. The second-order valence-electron chi connectivity index (χ2n) is 6.87. The topological polar surface area (TPSA) is 93.7 Å². The van der Waals surface area contributed by atoms with Gasteiger partial charge in [-0.05, 0) is 55.0 Å². The minimum atomic E-state index is -0.404. The van der Waals surface area contributed by atoms with Crippen molar-refractivity contribution in [2.24, 2.45) is 0 Å². The van der Waals surface area contributed by atoms with Crippen LogP contribution in [0, 0.1) is 0 Å². The molecular formula is C25H24N2O5.